The van der Waals surface area contributed by atoms with E-state index in [4.69, 9.17) is 0 Å². The van der Waals surface area contributed by atoms with E-state index in [-0.39, 0.29) is 0 Å². The van der Waals surface area contributed by atoms with Crippen LogP contribution in [0.1, 0.15) is 119 Å². The summed E-state index contributed by atoms with van der Waals surface area (Å²) in [6.45, 7) is 18.3. The third-order valence-electron chi connectivity index (χ3n) is 12.7. The van der Waals surface area contributed by atoms with Gasteiger partial charge in [0, 0.05) is 0 Å². The van der Waals surface area contributed by atoms with Crippen LogP contribution in [0.15, 0.2) is 0 Å². The second-order valence-electron chi connectivity index (χ2n) is 14.3. The van der Waals surface area contributed by atoms with Gasteiger partial charge in [-0.1, -0.05) is 54.9 Å². The summed E-state index contributed by atoms with van der Waals surface area (Å²) >= 11 is 0. The Balaban J connectivity index is 1.47. The summed E-state index contributed by atoms with van der Waals surface area (Å²) in [6.07, 6.45) is 16.9. The fourth-order valence-corrected chi connectivity index (χ4v) is 10.6. The van der Waals surface area contributed by atoms with E-state index >= 15 is 0 Å². The quantitative estimate of drug-likeness (QED) is 0.434. The molecule has 30 heavy (non-hydrogen) atoms. The van der Waals surface area contributed by atoms with E-state index in [2.05, 4.69) is 48.5 Å². The predicted molar refractivity (Wildman–Crippen MR) is 129 cm³/mol. The highest BCUT2D eigenvalue weighted by atomic mass is 14.7. The fourth-order valence-electron chi connectivity index (χ4n) is 10.6. The molecule has 0 aromatic heterocycles. The molecule has 172 valence electrons. The Morgan fingerprint density at radius 3 is 2.17 bits per heavy atom. The van der Waals surface area contributed by atoms with E-state index < -0.39 is 0 Å². The Kier molecular flexibility index (Phi) is 5.27. The summed E-state index contributed by atoms with van der Waals surface area (Å²) in [7, 11) is 0. The average molecular weight is 413 g/mol. The van der Waals surface area contributed by atoms with Gasteiger partial charge in [-0.3, -0.25) is 0 Å². The Hall–Kier alpha value is 0. The normalized spacial score (nSPS) is 60.3. The van der Waals surface area contributed by atoms with Crippen LogP contribution in [0, 0.1) is 69.5 Å². The maximum atomic E-state index is 2.68. The first kappa shape index (κ1) is 21.8. The van der Waals surface area contributed by atoms with Gasteiger partial charge in [0.25, 0.3) is 0 Å². The molecule has 0 amide bonds. The fraction of sp³-hybridized carbons (Fsp3) is 1.00. The average Bonchev–Trinajstić information content (AvgIpc) is 3.55. The van der Waals surface area contributed by atoms with Gasteiger partial charge in [0.1, 0.15) is 0 Å². The van der Waals surface area contributed by atoms with Crippen molar-refractivity contribution in [3.8, 4) is 0 Å². The summed E-state index contributed by atoms with van der Waals surface area (Å²) < 4.78 is 0. The van der Waals surface area contributed by atoms with Gasteiger partial charge in [-0.2, -0.15) is 0 Å². The molecule has 5 aliphatic carbocycles. The molecular weight excluding hydrogens is 360 g/mol. The zero-order valence-corrected chi connectivity index (χ0v) is 21.5. The minimum absolute atomic E-state index is 0.664. The number of hydrogen-bond donors (Lipinski definition) is 0. The van der Waals surface area contributed by atoms with E-state index in [0.29, 0.717) is 16.2 Å². The van der Waals surface area contributed by atoms with Gasteiger partial charge in [-0.15, -0.1) is 0 Å². The summed E-state index contributed by atoms with van der Waals surface area (Å²) in [5.41, 5.74) is 2.04. The largest absolute Gasteiger partial charge is 0.0651 e. The van der Waals surface area contributed by atoms with Crippen LogP contribution < -0.4 is 0 Å². The van der Waals surface area contributed by atoms with Gasteiger partial charge in [0.05, 0.1) is 0 Å². The van der Waals surface area contributed by atoms with Crippen molar-refractivity contribution in [3.05, 3.63) is 0 Å². The van der Waals surface area contributed by atoms with E-state index in [1.807, 2.05) is 0 Å². The molecule has 0 nitrogen and oxygen atoms in total. The summed E-state index contributed by atoms with van der Waals surface area (Å²) in [5.74, 6) is 9.02. The van der Waals surface area contributed by atoms with Crippen molar-refractivity contribution in [1.29, 1.82) is 0 Å². The van der Waals surface area contributed by atoms with Crippen molar-refractivity contribution < 1.29 is 0 Å². The molecule has 5 aliphatic rings. The molecular formula is C30H52. The lowest BCUT2D eigenvalue weighted by molar-refractivity contribution is -0.153. The molecule has 12 atom stereocenters. The SMILES string of the molecule is CCC1CCC2(CC(C)CC23C(C)CC3CC2CC2C)CC(C)C2CC2(C)C(C)C1. The minimum atomic E-state index is 0.664. The smallest absolute Gasteiger partial charge is 0.0184 e. The van der Waals surface area contributed by atoms with Crippen LogP contribution in [0.5, 0.6) is 0 Å². The first-order valence-electron chi connectivity index (χ1n) is 14.1. The lowest BCUT2D eigenvalue weighted by Crippen LogP contribution is -2.57. The van der Waals surface area contributed by atoms with E-state index in [1.165, 1.54) is 32.1 Å². The topological polar surface area (TPSA) is 0 Å². The lowest BCUT2D eigenvalue weighted by Gasteiger charge is -2.64. The van der Waals surface area contributed by atoms with Gasteiger partial charge in [0.15, 0.2) is 0 Å². The summed E-state index contributed by atoms with van der Waals surface area (Å²) in [6, 6.07) is 0. The molecule has 5 saturated carbocycles. The maximum absolute atomic E-state index is 2.68. The molecule has 0 N–H and O–H groups in total. The first-order chi connectivity index (χ1) is 14.1. The maximum Gasteiger partial charge on any atom is -0.0184 e. The van der Waals surface area contributed by atoms with Crippen LogP contribution in [0.2, 0.25) is 0 Å². The molecule has 0 aromatic carbocycles. The molecule has 2 spiro atoms. The van der Waals surface area contributed by atoms with Crippen molar-refractivity contribution in [2.45, 2.75) is 119 Å². The van der Waals surface area contributed by atoms with Gasteiger partial charge in [-0.05, 0) is 134 Å². The molecule has 0 aromatic rings. The van der Waals surface area contributed by atoms with Crippen LogP contribution >= 0.6 is 0 Å². The van der Waals surface area contributed by atoms with Crippen LogP contribution in [0.25, 0.3) is 0 Å². The molecule has 0 heterocycles. The Bertz CT molecular complexity index is 650. The standard InChI is InChI=1S/C30H52/c1-8-24-9-10-29(17-21(4)27-18-28(27,7)22(5)12-24)15-19(2)16-30(29)23(6)13-26(30)14-25-11-20(25)3/h19-27H,8-18H2,1-7H3. The molecule has 12 unspecified atom stereocenters. The van der Waals surface area contributed by atoms with Crippen LogP contribution in [-0.4, -0.2) is 0 Å². The Labute approximate surface area is 188 Å². The zero-order chi connectivity index (χ0) is 21.5. The van der Waals surface area contributed by atoms with Crippen LogP contribution in [0.3, 0.4) is 0 Å². The highest BCUT2D eigenvalue weighted by molar-refractivity contribution is 5.17. The molecule has 0 aliphatic heterocycles. The van der Waals surface area contributed by atoms with Crippen molar-refractivity contribution in [2.24, 2.45) is 69.5 Å². The van der Waals surface area contributed by atoms with Crippen molar-refractivity contribution in [3.63, 3.8) is 0 Å². The van der Waals surface area contributed by atoms with Crippen molar-refractivity contribution in [1.82, 2.24) is 0 Å². The Morgan fingerprint density at radius 1 is 0.800 bits per heavy atom. The first-order valence-corrected chi connectivity index (χ1v) is 14.1. The second kappa shape index (κ2) is 7.25. The summed E-state index contributed by atoms with van der Waals surface area (Å²) in [5, 5.41) is 0. The van der Waals surface area contributed by atoms with Crippen molar-refractivity contribution >= 4 is 0 Å². The van der Waals surface area contributed by atoms with Gasteiger partial charge in [-0.25, -0.2) is 0 Å². The van der Waals surface area contributed by atoms with Crippen LogP contribution in [-0.2, 0) is 0 Å². The molecule has 5 rings (SSSR count). The molecule has 0 bridgehead atoms. The predicted octanol–water partition coefficient (Wildman–Crippen LogP) is 8.99. The Morgan fingerprint density at radius 2 is 1.53 bits per heavy atom. The van der Waals surface area contributed by atoms with Crippen LogP contribution in [0.4, 0.5) is 0 Å². The van der Waals surface area contributed by atoms with Gasteiger partial charge in [0.2, 0.25) is 0 Å². The molecule has 0 saturated heterocycles. The third kappa shape index (κ3) is 3.11. The molecule has 0 radical (unpaired) electrons. The zero-order valence-electron chi connectivity index (χ0n) is 21.5. The highest BCUT2D eigenvalue weighted by Crippen LogP contribution is 2.76. The lowest BCUT2D eigenvalue weighted by atomic mass is 9.41. The summed E-state index contributed by atoms with van der Waals surface area (Å²) in [4.78, 5) is 0. The molecule has 5 fully saturated rings. The van der Waals surface area contributed by atoms with E-state index in [0.717, 1.165) is 53.3 Å². The number of hydrogen-bond acceptors (Lipinski definition) is 0. The number of rotatable bonds is 3. The van der Waals surface area contributed by atoms with Gasteiger partial charge < -0.3 is 0 Å². The molecule has 0 heteroatoms. The van der Waals surface area contributed by atoms with E-state index in [1.54, 1.807) is 38.5 Å². The monoisotopic (exact) mass is 412 g/mol. The minimum Gasteiger partial charge on any atom is -0.0651 e. The number of fused-ring (bicyclic) bond motifs is 2. The third-order valence-corrected chi connectivity index (χ3v) is 12.7. The second-order valence-corrected chi connectivity index (χ2v) is 14.3. The van der Waals surface area contributed by atoms with Crippen molar-refractivity contribution in [2.75, 3.05) is 0 Å². The van der Waals surface area contributed by atoms with E-state index in [9.17, 15) is 0 Å². The van der Waals surface area contributed by atoms with Gasteiger partial charge >= 0.3 is 0 Å². The highest BCUT2D eigenvalue weighted by Gasteiger charge is 2.68.